The van der Waals surface area contributed by atoms with Crippen LogP contribution in [0, 0.1) is 0 Å². The predicted octanol–water partition coefficient (Wildman–Crippen LogP) is -5.81. The molecule has 0 aliphatic carbocycles. The second-order valence-electron chi connectivity index (χ2n) is 13.6. The molecule has 0 saturated heterocycles. The van der Waals surface area contributed by atoms with Crippen LogP contribution in [0.15, 0.2) is 71.1 Å². The van der Waals surface area contributed by atoms with Crippen LogP contribution in [-0.2, 0) is 0 Å². The lowest BCUT2D eigenvalue weighted by Crippen LogP contribution is -2.55. The first-order chi connectivity index (χ1) is 27.2. The van der Waals surface area contributed by atoms with Crippen molar-refractivity contribution in [3.8, 4) is 39.9 Å². The minimum atomic E-state index is -0.0682. The van der Waals surface area contributed by atoms with Crippen LogP contribution in [0.1, 0.15) is 0 Å². The first-order valence-electron chi connectivity index (χ1n) is 17.3. The Morgan fingerprint density at radius 1 is 0.368 bits per heavy atom. The van der Waals surface area contributed by atoms with Gasteiger partial charge < -0.3 is 4.42 Å². The topological polar surface area (TPSA) is 56.7 Å². The molecule has 6 aromatic carbocycles. The van der Waals surface area contributed by atoms with Crippen molar-refractivity contribution in [2.75, 3.05) is 0 Å². The summed E-state index contributed by atoms with van der Waals surface area (Å²) in [5.74, 6) is 0.0247. The summed E-state index contributed by atoms with van der Waals surface area (Å²) in [4.78, 5) is 15.0. The van der Waals surface area contributed by atoms with Gasteiger partial charge in [0.1, 0.15) is 113 Å². The van der Waals surface area contributed by atoms with E-state index in [-0.39, 0.29) is 116 Å². The molecule has 18 heteroatoms. The van der Waals surface area contributed by atoms with Crippen LogP contribution in [0.3, 0.4) is 0 Å². The molecule has 0 fully saturated rings. The van der Waals surface area contributed by atoms with Gasteiger partial charge in [-0.25, -0.2) is 4.98 Å². The van der Waals surface area contributed by atoms with Gasteiger partial charge in [0.05, 0.1) is 0 Å². The van der Waals surface area contributed by atoms with Crippen molar-refractivity contribution in [2.45, 2.75) is 0 Å². The van der Waals surface area contributed by atoms with Crippen LogP contribution in [0.25, 0.3) is 83.6 Å². The number of rotatable bonds is 4. The number of fused-ring (bicyclic) bond motifs is 6. The number of nitrogens with zero attached hydrogens (tertiary/aromatic N) is 4. The van der Waals surface area contributed by atoms with Crippen molar-refractivity contribution in [2.24, 2.45) is 0 Å². The van der Waals surface area contributed by atoms with Crippen molar-refractivity contribution >= 4 is 217 Å². The number of hydrogen-bond acceptors (Lipinski definition) is 4. The molecule has 0 spiro atoms. The van der Waals surface area contributed by atoms with Crippen molar-refractivity contribution in [3.63, 3.8) is 0 Å². The minimum Gasteiger partial charge on any atom is -0.456 e. The van der Waals surface area contributed by atoms with E-state index >= 15 is 0 Å². The summed E-state index contributed by atoms with van der Waals surface area (Å²) in [6.07, 6.45) is 0. The molecule has 0 N–H and O–H groups in total. The lowest BCUT2D eigenvalue weighted by atomic mass is 9.60. The molecule has 9 aromatic rings. The summed E-state index contributed by atoms with van der Waals surface area (Å²) >= 11 is 0. The molecule has 0 amide bonds. The van der Waals surface area contributed by atoms with Gasteiger partial charge in [0, 0.05) is 32.9 Å². The Hall–Kier alpha value is -5.23. The summed E-state index contributed by atoms with van der Waals surface area (Å²) < 4.78 is 7.94. The third-order valence-corrected chi connectivity index (χ3v) is 10.6. The van der Waals surface area contributed by atoms with Gasteiger partial charge in [0.15, 0.2) is 11.6 Å². The molecule has 0 aliphatic heterocycles. The van der Waals surface area contributed by atoms with Crippen molar-refractivity contribution in [1.29, 1.82) is 0 Å². The monoisotopic (exact) mass is 694 g/mol. The smallest absolute Gasteiger partial charge is 0.238 e. The van der Waals surface area contributed by atoms with Crippen LogP contribution >= 0.6 is 0 Å². The Labute approximate surface area is 345 Å². The quantitative estimate of drug-likeness (QED) is 0.173. The van der Waals surface area contributed by atoms with E-state index in [0.717, 1.165) is 16.5 Å². The molecule has 0 aliphatic rings. The van der Waals surface area contributed by atoms with Gasteiger partial charge in [0.2, 0.25) is 5.95 Å². The lowest BCUT2D eigenvalue weighted by molar-refractivity contribution is 0.669. The van der Waals surface area contributed by atoms with Gasteiger partial charge >= 0.3 is 0 Å². The SMILES string of the molecule is [B]c1c([B])c([B])c(-c2nc(-c3cccc4oc5cccc(-c6ccccc6)c5c34)nc(-n3c4c([B])c([B])c([B])c([B])c4c4c([B])c([B])c([B])c([B])c43)n2)c([B])c1[B]. The molecule has 3 heterocycles. The summed E-state index contributed by atoms with van der Waals surface area (Å²) in [6.45, 7) is 0. The number of benzene rings is 6. The maximum absolute atomic E-state index is 6.77. The molecule has 57 heavy (non-hydrogen) atoms. The van der Waals surface area contributed by atoms with Gasteiger partial charge in [-0.1, -0.05) is 87.4 Å². The van der Waals surface area contributed by atoms with Crippen molar-refractivity contribution < 1.29 is 4.42 Å². The molecule has 9 rings (SSSR count). The van der Waals surface area contributed by atoms with Crippen LogP contribution in [-0.4, -0.2) is 122 Å². The molecule has 0 atom stereocenters. The van der Waals surface area contributed by atoms with E-state index < -0.39 is 0 Å². The second-order valence-corrected chi connectivity index (χ2v) is 13.6. The average molecular weight is 692 g/mol. The zero-order chi connectivity index (χ0) is 40.3. The van der Waals surface area contributed by atoms with Gasteiger partial charge in [-0.15, -0.1) is 38.2 Å². The number of furan rings is 1. The highest BCUT2D eigenvalue weighted by Gasteiger charge is 2.27. The zero-order valence-electron chi connectivity index (χ0n) is 30.1. The third kappa shape index (κ3) is 5.31. The molecular weight excluding hydrogens is 681 g/mol. The van der Waals surface area contributed by atoms with Crippen molar-refractivity contribution in [3.05, 3.63) is 66.7 Å². The Kier molecular flexibility index (Phi) is 8.80. The highest BCUT2D eigenvalue weighted by atomic mass is 16.3. The summed E-state index contributed by atoms with van der Waals surface area (Å²) in [6, 6.07) is 21.3. The normalized spacial score (nSPS) is 11.7. The first kappa shape index (κ1) is 37.4. The van der Waals surface area contributed by atoms with Gasteiger partial charge in [0.25, 0.3) is 0 Å². The summed E-state index contributed by atoms with van der Waals surface area (Å²) in [5.41, 5.74) is 4.20. The molecular formula is C39H11B13N4O. The molecule has 0 saturated carbocycles. The fraction of sp³-hybridized carbons (Fsp3) is 0. The van der Waals surface area contributed by atoms with Gasteiger partial charge in [-0.2, -0.15) is 9.97 Å². The Bertz CT molecular complexity index is 3130. The van der Waals surface area contributed by atoms with Crippen LogP contribution in [0.2, 0.25) is 0 Å². The van der Waals surface area contributed by atoms with Crippen molar-refractivity contribution in [1.82, 2.24) is 19.5 Å². The van der Waals surface area contributed by atoms with Gasteiger partial charge in [-0.05, 0) is 34.0 Å². The van der Waals surface area contributed by atoms with E-state index in [0.29, 0.717) is 22.1 Å². The highest BCUT2D eigenvalue weighted by molar-refractivity contribution is 6.72. The minimum absolute atomic E-state index is 0.00125. The molecule has 0 unspecified atom stereocenters. The lowest BCUT2D eigenvalue weighted by Gasteiger charge is -2.21. The maximum Gasteiger partial charge on any atom is 0.238 e. The predicted molar refractivity (Wildman–Crippen MR) is 248 cm³/mol. The van der Waals surface area contributed by atoms with Crippen LogP contribution in [0.5, 0.6) is 0 Å². The van der Waals surface area contributed by atoms with E-state index in [9.17, 15) is 0 Å². The average Bonchev–Trinajstić information content (AvgIpc) is 3.79. The standard InChI is InChI=1S/C39H11B13N4O/c40-22-19-20-23(41)27(45)32(50)34(52)36(20)56(35(19)33(51)31(49)26(22)44)39-54-37(53-38(55-39)21-24(42)28(46)30(48)29(47)25(21)43)14-9-5-11-16-18(14)17-13(8-4-10-15(17)57-16)12-6-2-1-3-7-12/h1-11H. The fourth-order valence-corrected chi connectivity index (χ4v) is 7.61. The summed E-state index contributed by atoms with van der Waals surface area (Å²) in [5, 5.41) is 2.08. The molecule has 26 radical (unpaired) electrons. The van der Waals surface area contributed by atoms with Gasteiger partial charge in [-0.3, -0.25) is 4.57 Å². The third-order valence-electron chi connectivity index (χ3n) is 10.6. The Morgan fingerprint density at radius 3 is 1.35 bits per heavy atom. The van der Waals surface area contributed by atoms with E-state index in [4.69, 9.17) is 121 Å². The Morgan fingerprint density at radius 2 is 0.807 bits per heavy atom. The molecule has 232 valence electrons. The number of aromatic nitrogens is 4. The van der Waals surface area contributed by atoms with E-state index in [1.54, 1.807) is 0 Å². The first-order valence-corrected chi connectivity index (χ1v) is 17.3. The van der Waals surface area contributed by atoms with Crippen LogP contribution in [0.4, 0.5) is 0 Å². The van der Waals surface area contributed by atoms with E-state index in [2.05, 4.69) is 0 Å². The molecule has 0 bridgehead atoms. The number of hydrogen-bond donors (Lipinski definition) is 0. The fourth-order valence-electron chi connectivity index (χ4n) is 7.61. The largest absolute Gasteiger partial charge is 0.456 e. The second kappa shape index (κ2) is 13.4. The van der Waals surface area contributed by atoms with Crippen LogP contribution < -0.4 is 71.0 Å². The summed E-state index contributed by atoms with van der Waals surface area (Å²) in [7, 11) is 84.7. The van der Waals surface area contributed by atoms with E-state index in [1.165, 1.54) is 4.57 Å². The Balaban J connectivity index is 1.49. The van der Waals surface area contributed by atoms with E-state index in [1.807, 2.05) is 66.7 Å². The molecule has 5 nitrogen and oxygen atoms in total. The zero-order valence-corrected chi connectivity index (χ0v) is 30.1. The molecule has 3 aromatic heterocycles. The highest BCUT2D eigenvalue weighted by Crippen LogP contribution is 2.41. The maximum atomic E-state index is 6.77.